The van der Waals surface area contributed by atoms with E-state index in [0.29, 0.717) is 16.3 Å². The molecule has 0 aromatic heterocycles. The van der Waals surface area contributed by atoms with Crippen molar-refractivity contribution in [2.45, 2.75) is 89.9 Å². The van der Waals surface area contributed by atoms with Gasteiger partial charge in [-0.25, -0.2) is 4.79 Å². The van der Waals surface area contributed by atoms with Gasteiger partial charge in [0, 0.05) is 24.8 Å². The molecule has 1 saturated heterocycles. The summed E-state index contributed by atoms with van der Waals surface area (Å²) in [7, 11) is 1.51. The molecular formula is C35H43ClN2O8. The van der Waals surface area contributed by atoms with Crippen LogP contribution < -0.4 is 15.4 Å². The lowest BCUT2D eigenvalue weighted by atomic mass is 9.93. The lowest BCUT2D eigenvalue weighted by molar-refractivity contribution is -0.174. The molecule has 2 aromatic rings. The maximum Gasteiger partial charge on any atom is 0.347 e. The second-order valence-corrected chi connectivity index (χ2v) is 12.8. The summed E-state index contributed by atoms with van der Waals surface area (Å²) in [5.41, 5.74) is 1.73. The standard InChI is InChI=1S/C35H43ClN2O8/c1-20(2)16-29-35(42)45-27(22(4)32-33(46-32)24-10-7-6-8-11-24)12-9-13-30(39)38-26(34(41)37-21(3)17-31(40)44-29)19-23-14-15-28(43-5)25(36)18-23/h6-11,13-15,18,20-22,26-27,29,32-33H,12,16-17,19H2,1-5H3,(H,37,41)(H,38,39)/b13-9+/t21-,22+,26-,27+,29+,32-,33+/m1/s1. The zero-order chi connectivity index (χ0) is 33.4. The minimum absolute atomic E-state index is 0.0361. The molecule has 4 rings (SSSR count). The van der Waals surface area contributed by atoms with Crippen LogP contribution in [-0.2, 0) is 39.8 Å². The Hall–Kier alpha value is -3.89. The van der Waals surface area contributed by atoms with Gasteiger partial charge in [0.15, 0.2) is 6.10 Å². The summed E-state index contributed by atoms with van der Waals surface area (Å²) in [4.78, 5) is 52.9. The molecule has 0 aliphatic carbocycles. The Labute approximate surface area is 275 Å². The average molecular weight is 655 g/mol. The van der Waals surface area contributed by atoms with Crippen molar-refractivity contribution in [3.05, 3.63) is 76.8 Å². The largest absolute Gasteiger partial charge is 0.495 e. The smallest absolute Gasteiger partial charge is 0.347 e. The number of rotatable bonds is 8. The number of ether oxygens (including phenoxy) is 4. The van der Waals surface area contributed by atoms with E-state index in [1.54, 1.807) is 31.2 Å². The van der Waals surface area contributed by atoms with Gasteiger partial charge in [0.05, 0.1) is 24.7 Å². The van der Waals surface area contributed by atoms with Crippen molar-refractivity contribution < 1.29 is 38.1 Å². The van der Waals surface area contributed by atoms with Crippen molar-refractivity contribution in [2.75, 3.05) is 7.11 Å². The molecule has 0 unspecified atom stereocenters. The van der Waals surface area contributed by atoms with Gasteiger partial charge in [-0.15, -0.1) is 0 Å². The van der Waals surface area contributed by atoms with Gasteiger partial charge in [-0.1, -0.05) is 74.8 Å². The summed E-state index contributed by atoms with van der Waals surface area (Å²) in [5.74, 6) is -2.01. The topological polar surface area (TPSA) is 133 Å². The second kappa shape index (κ2) is 16.1. The minimum atomic E-state index is -1.12. The van der Waals surface area contributed by atoms with Gasteiger partial charge >= 0.3 is 11.9 Å². The molecule has 2 heterocycles. The molecule has 0 radical (unpaired) electrons. The van der Waals surface area contributed by atoms with E-state index in [1.165, 1.54) is 13.2 Å². The monoisotopic (exact) mass is 654 g/mol. The highest BCUT2D eigenvalue weighted by molar-refractivity contribution is 6.32. The predicted molar refractivity (Wildman–Crippen MR) is 172 cm³/mol. The van der Waals surface area contributed by atoms with E-state index < -0.39 is 48.0 Å². The molecule has 0 saturated carbocycles. The van der Waals surface area contributed by atoms with E-state index in [1.807, 2.05) is 51.1 Å². The Bertz CT molecular complexity index is 1410. The molecule has 0 bridgehead atoms. The zero-order valence-electron chi connectivity index (χ0n) is 26.9. The fourth-order valence-corrected chi connectivity index (χ4v) is 5.80. The van der Waals surface area contributed by atoms with Crippen LogP contribution in [0.4, 0.5) is 0 Å². The molecule has 10 nitrogen and oxygen atoms in total. The number of methoxy groups -OCH3 is 1. The van der Waals surface area contributed by atoms with Crippen LogP contribution >= 0.6 is 11.6 Å². The fourth-order valence-electron chi connectivity index (χ4n) is 5.52. The number of halogens is 1. The van der Waals surface area contributed by atoms with Crippen molar-refractivity contribution in [1.29, 1.82) is 0 Å². The van der Waals surface area contributed by atoms with Crippen LogP contribution in [0.1, 0.15) is 64.2 Å². The van der Waals surface area contributed by atoms with Gasteiger partial charge in [0.25, 0.3) is 0 Å². The molecular weight excluding hydrogens is 612 g/mol. The summed E-state index contributed by atoms with van der Waals surface area (Å²) in [5, 5.41) is 5.91. The number of esters is 2. The number of hydrogen-bond donors (Lipinski definition) is 2. The van der Waals surface area contributed by atoms with Crippen molar-refractivity contribution in [3.63, 3.8) is 0 Å². The van der Waals surface area contributed by atoms with E-state index in [2.05, 4.69) is 10.6 Å². The van der Waals surface area contributed by atoms with Gasteiger partial charge in [-0.3, -0.25) is 14.4 Å². The SMILES string of the molecule is COc1ccc(C[C@H]2NC(=O)/C=C/C[C@@H]([C@H](C)[C@H]3O[C@H]3c3ccccc3)OC(=O)[C@H](CC(C)C)OC(=O)C[C@@H](C)NC2=O)cc1Cl. The van der Waals surface area contributed by atoms with E-state index >= 15 is 0 Å². The van der Waals surface area contributed by atoms with Crippen molar-refractivity contribution in [1.82, 2.24) is 10.6 Å². The van der Waals surface area contributed by atoms with Crippen molar-refractivity contribution in [2.24, 2.45) is 11.8 Å². The number of carbonyl (C=O) groups excluding carboxylic acids is 4. The normalized spacial score (nSPS) is 27.5. The maximum absolute atomic E-state index is 13.4. The molecule has 2 N–H and O–H groups in total. The minimum Gasteiger partial charge on any atom is -0.495 e. The summed E-state index contributed by atoms with van der Waals surface area (Å²) in [6, 6.07) is 13.3. The second-order valence-electron chi connectivity index (χ2n) is 12.4. The van der Waals surface area contributed by atoms with Crippen LogP contribution in [0.25, 0.3) is 0 Å². The van der Waals surface area contributed by atoms with Gasteiger partial charge in [-0.2, -0.15) is 0 Å². The third kappa shape index (κ3) is 9.80. The Morgan fingerprint density at radius 2 is 1.74 bits per heavy atom. The number of carbonyl (C=O) groups is 4. The van der Waals surface area contributed by atoms with E-state index in [4.69, 9.17) is 30.5 Å². The highest BCUT2D eigenvalue weighted by Crippen LogP contribution is 2.45. The first kappa shape index (κ1) is 35.0. The average Bonchev–Trinajstić information content (AvgIpc) is 3.80. The summed E-state index contributed by atoms with van der Waals surface area (Å²) < 4.78 is 22.9. The lowest BCUT2D eigenvalue weighted by Gasteiger charge is -2.26. The first-order valence-electron chi connectivity index (χ1n) is 15.6. The van der Waals surface area contributed by atoms with Crippen LogP contribution in [-0.4, -0.2) is 61.3 Å². The predicted octanol–water partition coefficient (Wildman–Crippen LogP) is 4.88. The molecule has 2 amide bonds. The number of hydrogen-bond acceptors (Lipinski definition) is 8. The summed E-state index contributed by atoms with van der Waals surface area (Å²) in [6.07, 6.45) is 1.23. The quantitative estimate of drug-likeness (QED) is 0.304. The van der Waals surface area contributed by atoms with Crippen molar-refractivity contribution >= 4 is 35.4 Å². The Kier molecular flexibility index (Phi) is 12.2. The Morgan fingerprint density at radius 3 is 2.41 bits per heavy atom. The molecule has 2 aliphatic rings. The van der Waals surface area contributed by atoms with Crippen LogP contribution in [0.15, 0.2) is 60.7 Å². The van der Waals surface area contributed by atoms with Gasteiger partial charge < -0.3 is 29.6 Å². The number of cyclic esters (lactones) is 2. The van der Waals surface area contributed by atoms with E-state index in [-0.39, 0.29) is 49.7 Å². The van der Waals surface area contributed by atoms with Gasteiger partial charge in [0.1, 0.15) is 24.0 Å². The molecule has 0 spiro atoms. The first-order chi connectivity index (χ1) is 21.9. The molecule has 2 aromatic carbocycles. The van der Waals surface area contributed by atoms with Gasteiger partial charge in [0.2, 0.25) is 11.8 Å². The molecule has 7 atom stereocenters. The molecule has 2 aliphatic heterocycles. The van der Waals surface area contributed by atoms with Crippen LogP contribution in [0.2, 0.25) is 5.02 Å². The summed E-state index contributed by atoms with van der Waals surface area (Å²) in [6.45, 7) is 7.42. The zero-order valence-corrected chi connectivity index (χ0v) is 27.6. The number of amides is 2. The third-order valence-corrected chi connectivity index (χ3v) is 8.33. The Morgan fingerprint density at radius 1 is 1.00 bits per heavy atom. The number of benzene rings is 2. The molecule has 248 valence electrons. The highest BCUT2D eigenvalue weighted by atomic mass is 35.5. The fraction of sp³-hybridized carbons (Fsp3) is 0.486. The lowest BCUT2D eigenvalue weighted by Crippen LogP contribution is -2.50. The highest BCUT2D eigenvalue weighted by Gasteiger charge is 2.47. The molecule has 46 heavy (non-hydrogen) atoms. The van der Waals surface area contributed by atoms with Crippen LogP contribution in [0, 0.1) is 11.8 Å². The van der Waals surface area contributed by atoms with Crippen LogP contribution in [0.5, 0.6) is 5.75 Å². The number of epoxide rings is 1. The maximum atomic E-state index is 13.4. The first-order valence-corrected chi connectivity index (χ1v) is 16.0. The van der Waals surface area contributed by atoms with E-state index in [9.17, 15) is 19.2 Å². The van der Waals surface area contributed by atoms with E-state index in [0.717, 1.165) is 5.56 Å². The Balaban J connectivity index is 1.58. The number of nitrogens with one attached hydrogen (secondary N) is 2. The van der Waals surface area contributed by atoms with Crippen LogP contribution in [0.3, 0.4) is 0 Å². The van der Waals surface area contributed by atoms with Gasteiger partial charge in [-0.05, 0) is 48.6 Å². The molecule has 11 heteroatoms. The molecule has 1 fully saturated rings. The summed E-state index contributed by atoms with van der Waals surface area (Å²) >= 11 is 6.30. The third-order valence-electron chi connectivity index (χ3n) is 8.04. The van der Waals surface area contributed by atoms with Crippen molar-refractivity contribution in [3.8, 4) is 5.75 Å².